The van der Waals surface area contributed by atoms with Crippen molar-refractivity contribution in [1.29, 1.82) is 0 Å². The number of rotatable bonds is 15. The van der Waals surface area contributed by atoms with E-state index >= 15 is 0 Å². The number of carbonyl (C=O) groups excluding carboxylic acids is 2. The number of hydrogen-bond acceptors (Lipinski definition) is 7. The molecule has 2 fully saturated rings. The standard InChI is InChI=1S/C44H51N3O6/c1-3-25-47(37-14-8-9-15-37)29-38-27-41(34-19-17-32(30-48)18-20-34)53-43(52-38)35-23-21-33(22-24-35)39-16-10-7-13-36(39)28-45-44(50)46-40(42(49)51-2)26-31-11-5-4-6-12-31/h3-7,10-13,16-24,37-38,40-41,43,48H,1,8-9,14-15,25-30H2,2H3,(H2,45,46,50)/t38-,40-,41+,43+/m0/s1. The zero-order valence-corrected chi connectivity index (χ0v) is 30.5. The van der Waals surface area contributed by atoms with E-state index in [9.17, 15) is 14.7 Å². The van der Waals surface area contributed by atoms with E-state index in [1.165, 1.54) is 32.8 Å². The Hall–Kier alpha value is -4.80. The molecule has 1 saturated carbocycles. The molecule has 4 atom stereocenters. The van der Waals surface area contributed by atoms with Crippen LogP contribution in [0, 0.1) is 0 Å². The number of benzene rings is 4. The second-order valence-electron chi connectivity index (χ2n) is 13.9. The minimum absolute atomic E-state index is 0.00141. The van der Waals surface area contributed by atoms with Gasteiger partial charge in [0.2, 0.25) is 0 Å². The Morgan fingerprint density at radius 2 is 1.60 bits per heavy atom. The van der Waals surface area contributed by atoms with Crippen LogP contribution in [0.5, 0.6) is 0 Å². The lowest BCUT2D eigenvalue weighted by Crippen LogP contribution is -2.47. The highest BCUT2D eigenvalue weighted by Gasteiger charge is 2.34. The highest BCUT2D eigenvalue weighted by Crippen LogP contribution is 2.39. The number of carbonyl (C=O) groups is 2. The third kappa shape index (κ3) is 10.2. The Morgan fingerprint density at radius 1 is 0.906 bits per heavy atom. The molecule has 1 saturated heterocycles. The molecule has 0 radical (unpaired) electrons. The minimum Gasteiger partial charge on any atom is -0.467 e. The number of aliphatic hydroxyl groups excluding tert-OH is 1. The Balaban J connectivity index is 1.15. The number of urea groups is 1. The predicted molar refractivity (Wildman–Crippen MR) is 206 cm³/mol. The molecule has 3 N–H and O–H groups in total. The Morgan fingerprint density at radius 3 is 2.30 bits per heavy atom. The summed E-state index contributed by atoms with van der Waals surface area (Å²) in [6, 6.07) is 32.9. The number of amides is 2. The molecule has 6 rings (SSSR count). The van der Waals surface area contributed by atoms with Crippen LogP contribution in [0.2, 0.25) is 0 Å². The van der Waals surface area contributed by atoms with Crippen LogP contribution in [0.1, 0.15) is 72.3 Å². The van der Waals surface area contributed by atoms with E-state index < -0.39 is 24.3 Å². The first-order chi connectivity index (χ1) is 25.9. The number of nitrogens with one attached hydrogen (secondary N) is 2. The summed E-state index contributed by atoms with van der Waals surface area (Å²) in [4.78, 5) is 28.0. The average molecular weight is 718 g/mol. The molecule has 53 heavy (non-hydrogen) atoms. The van der Waals surface area contributed by atoms with Crippen LogP contribution in [0.4, 0.5) is 4.79 Å². The first-order valence-corrected chi connectivity index (χ1v) is 18.6. The molecule has 2 amide bonds. The number of esters is 1. The molecule has 0 unspecified atom stereocenters. The molecular formula is C44H51N3O6. The van der Waals surface area contributed by atoms with E-state index in [4.69, 9.17) is 14.2 Å². The SMILES string of the molecule is C=CCN(C[C@@H]1C[C@H](c2ccc(CO)cc2)O[C@H](c2ccc(-c3ccccc3CNC(=O)N[C@@H](Cc3ccccc3)C(=O)OC)cc2)O1)C1CCCC1. The lowest BCUT2D eigenvalue weighted by molar-refractivity contribution is -0.253. The maximum atomic E-state index is 13.0. The second kappa shape index (κ2) is 18.8. The predicted octanol–water partition coefficient (Wildman–Crippen LogP) is 7.41. The van der Waals surface area contributed by atoms with Gasteiger partial charge in [0.15, 0.2) is 6.29 Å². The fourth-order valence-electron chi connectivity index (χ4n) is 7.45. The molecule has 4 aromatic carbocycles. The third-order valence-electron chi connectivity index (χ3n) is 10.3. The van der Waals surface area contributed by atoms with Gasteiger partial charge in [-0.15, -0.1) is 6.58 Å². The van der Waals surface area contributed by atoms with Gasteiger partial charge in [-0.1, -0.05) is 122 Å². The molecule has 278 valence electrons. The molecule has 0 bridgehead atoms. The van der Waals surface area contributed by atoms with Crippen molar-refractivity contribution in [2.24, 2.45) is 0 Å². The van der Waals surface area contributed by atoms with E-state index in [0.717, 1.165) is 58.5 Å². The zero-order valence-electron chi connectivity index (χ0n) is 30.5. The van der Waals surface area contributed by atoms with E-state index in [-0.39, 0.29) is 25.4 Å². The summed E-state index contributed by atoms with van der Waals surface area (Å²) in [6.45, 7) is 5.93. The van der Waals surface area contributed by atoms with Crippen molar-refractivity contribution in [3.05, 3.63) is 144 Å². The van der Waals surface area contributed by atoms with Gasteiger partial charge in [-0.25, -0.2) is 9.59 Å². The first kappa shape index (κ1) is 37.9. The van der Waals surface area contributed by atoms with Gasteiger partial charge in [0.1, 0.15) is 6.04 Å². The molecular weight excluding hydrogens is 666 g/mol. The van der Waals surface area contributed by atoms with E-state index in [1.807, 2.05) is 97.1 Å². The molecule has 1 aliphatic heterocycles. The Kier molecular flexibility index (Phi) is 13.5. The lowest BCUT2D eigenvalue weighted by Gasteiger charge is -2.39. The fraction of sp³-hybridized carbons (Fsp3) is 0.364. The third-order valence-corrected chi connectivity index (χ3v) is 10.3. The van der Waals surface area contributed by atoms with Crippen LogP contribution in [0.3, 0.4) is 0 Å². The number of methoxy groups -OCH3 is 1. The van der Waals surface area contributed by atoms with Gasteiger partial charge in [0.05, 0.1) is 25.9 Å². The number of ether oxygens (including phenoxy) is 3. The van der Waals surface area contributed by atoms with E-state index in [1.54, 1.807) is 0 Å². The van der Waals surface area contributed by atoms with E-state index in [2.05, 4.69) is 34.2 Å². The highest BCUT2D eigenvalue weighted by molar-refractivity contribution is 5.84. The van der Waals surface area contributed by atoms with Gasteiger partial charge in [-0.2, -0.15) is 0 Å². The van der Waals surface area contributed by atoms with Crippen LogP contribution < -0.4 is 10.6 Å². The number of aliphatic hydroxyl groups is 1. The van der Waals surface area contributed by atoms with Crippen molar-refractivity contribution in [3.63, 3.8) is 0 Å². The number of nitrogens with zero attached hydrogens (tertiary/aromatic N) is 1. The van der Waals surface area contributed by atoms with Crippen molar-refractivity contribution in [2.75, 3.05) is 20.2 Å². The highest BCUT2D eigenvalue weighted by atomic mass is 16.7. The molecule has 9 nitrogen and oxygen atoms in total. The van der Waals surface area contributed by atoms with Crippen molar-refractivity contribution < 1.29 is 28.9 Å². The summed E-state index contributed by atoms with van der Waals surface area (Å²) in [6.07, 6.45) is 7.22. The molecule has 2 aliphatic rings. The summed E-state index contributed by atoms with van der Waals surface area (Å²) in [5.41, 5.74) is 6.68. The van der Waals surface area contributed by atoms with Gasteiger partial charge in [-0.05, 0) is 46.2 Å². The summed E-state index contributed by atoms with van der Waals surface area (Å²) >= 11 is 0. The monoisotopic (exact) mass is 717 g/mol. The maximum Gasteiger partial charge on any atom is 0.328 e. The van der Waals surface area contributed by atoms with Crippen molar-refractivity contribution in [3.8, 4) is 11.1 Å². The topological polar surface area (TPSA) is 109 Å². The maximum absolute atomic E-state index is 13.0. The Bertz CT molecular complexity index is 1780. The summed E-state index contributed by atoms with van der Waals surface area (Å²) in [7, 11) is 1.32. The average Bonchev–Trinajstić information content (AvgIpc) is 3.75. The van der Waals surface area contributed by atoms with Crippen LogP contribution in [-0.4, -0.2) is 60.4 Å². The van der Waals surface area contributed by atoms with Gasteiger partial charge < -0.3 is 30.0 Å². The van der Waals surface area contributed by atoms with Crippen LogP contribution in [-0.2, 0) is 38.6 Å². The second-order valence-corrected chi connectivity index (χ2v) is 13.9. The summed E-state index contributed by atoms with van der Waals surface area (Å²) in [5.74, 6) is -0.504. The van der Waals surface area contributed by atoms with Crippen LogP contribution >= 0.6 is 0 Å². The molecule has 4 aromatic rings. The van der Waals surface area contributed by atoms with Gasteiger partial charge >= 0.3 is 12.0 Å². The van der Waals surface area contributed by atoms with Crippen molar-refractivity contribution in [1.82, 2.24) is 15.5 Å². The van der Waals surface area contributed by atoms with Crippen LogP contribution in [0.15, 0.2) is 116 Å². The van der Waals surface area contributed by atoms with Crippen molar-refractivity contribution in [2.45, 2.75) is 82.3 Å². The van der Waals surface area contributed by atoms with E-state index in [0.29, 0.717) is 12.5 Å². The summed E-state index contributed by atoms with van der Waals surface area (Å²) in [5, 5.41) is 15.3. The van der Waals surface area contributed by atoms with Crippen LogP contribution in [0.25, 0.3) is 11.1 Å². The zero-order chi connectivity index (χ0) is 37.0. The minimum atomic E-state index is -0.818. The summed E-state index contributed by atoms with van der Waals surface area (Å²) < 4.78 is 18.3. The largest absolute Gasteiger partial charge is 0.467 e. The van der Waals surface area contributed by atoms with Gasteiger partial charge in [-0.3, -0.25) is 4.90 Å². The fourth-order valence-corrected chi connectivity index (χ4v) is 7.45. The van der Waals surface area contributed by atoms with Gasteiger partial charge in [0, 0.05) is 44.1 Å². The molecule has 1 aliphatic carbocycles. The van der Waals surface area contributed by atoms with Gasteiger partial charge in [0.25, 0.3) is 0 Å². The quantitative estimate of drug-likeness (QED) is 0.0869. The normalized spacial score (nSPS) is 19.4. The number of hydrogen-bond donors (Lipinski definition) is 3. The molecule has 1 heterocycles. The molecule has 0 spiro atoms. The lowest BCUT2D eigenvalue weighted by atomic mass is 9.97. The Labute approximate surface area is 313 Å². The first-order valence-electron chi connectivity index (χ1n) is 18.6. The molecule has 0 aromatic heterocycles. The molecule has 9 heteroatoms. The van der Waals surface area contributed by atoms with Crippen molar-refractivity contribution >= 4 is 12.0 Å². The smallest absolute Gasteiger partial charge is 0.328 e.